The third-order valence-corrected chi connectivity index (χ3v) is 6.93. The molecule has 5 rings (SSSR count). The third-order valence-electron chi connectivity index (χ3n) is 6.93. The van der Waals surface area contributed by atoms with Crippen molar-refractivity contribution in [2.45, 2.75) is 19.6 Å². The minimum atomic E-state index is -0.708. The van der Waals surface area contributed by atoms with E-state index in [0.717, 1.165) is 27.6 Å². The zero-order chi connectivity index (χ0) is 26.8. The van der Waals surface area contributed by atoms with E-state index in [1.165, 1.54) is 0 Å². The van der Waals surface area contributed by atoms with Crippen molar-refractivity contribution >= 4 is 28.4 Å². The molecule has 3 aromatic carbocycles. The number of likely N-dealkylation sites (N-methyl/N-ethyl adjacent to an activating group) is 1. The van der Waals surface area contributed by atoms with Gasteiger partial charge in [0.15, 0.2) is 0 Å². The summed E-state index contributed by atoms with van der Waals surface area (Å²) in [6.45, 7) is 3.25. The molecule has 0 bridgehead atoms. The number of aliphatic hydroxyl groups excluding tert-OH is 1. The first-order chi connectivity index (χ1) is 18.3. The summed E-state index contributed by atoms with van der Waals surface area (Å²) in [5.41, 5.74) is 4.10. The number of H-pyrrole nitrogens is 1. The quantitative estimate of drug-likeness (QED) is 0.198. The lowest BCUT2D eigenvalue weighted by atomic mass is 9.94. The molecule has 0 saturated carbocycles. The number of ketones is 1. The number of hydrogen-bond acceptors (Lipinski definition) is 5. The Morgan fingerprint density at radius 3 is 2.50 bits per heavy atom. The molecule has 1 unspecified atom stereocenters. The molecule has 7 nitrogen and oxygen atoms in total. The smallest absolute Gasteiger partial charge is 0.295 e. The Kier molecular flexibility index (Phi) is 7.03. The van der Waals surface area contributed by atoms with Gasteiger partial charge >= 0.3 is 0 Å². The van der Waals surface area contributed by atoms with E-state index in [0.29, 0.717) is 31.0 Å². The fourth-order valence-electron chi connectivity index (χ4n) is 4.91. The average molecular weight is 510 g/mol. The van der Waals surface area contributed by atoms with Crippen molar-refractivity contribution in [3.8, 4) is 5.75 Å². The van der Waals surface area contributed by atoms with E-state index >= 15 is 0 Å². The van der Waals surface area contributed by atoms with Crippen LogP contribution in [0.5, 0.6) is 5.75 Å². The van der Waals surface area contributed by atoms with Gasteiger partial charge in [-0.05, 0) is 56.4 Å². The van der Waals surface area contributed by atoms with Gasteiger partial charge < -0.3 is 24.6 Å². The third kappa shape index (κ3) is 4.80. The van der Waals surface area contributed by atoms with Gasteiger partial charge in [-0.2, -0.15) is 0 Å². The molecule has 1 aromatic heterocycles. The summed E-state index contributed by atoms with van der Waals surface area (Å²) in [5, 5.41) is 12.4. The second-order valence-electron chi connectivity index (χ2n) is 9.84. The highest BCUT2D eigenvalue weighted by atomic mass is 16.5. The number of nitrogens with one attached hydrogen (secondary N) is 1. The minimum Gasteiger partial charge on any atom is -0.507 e. The Morgan fingerprint density at radius 1 is 1.03 bits per heavy atom. The number of rotatable bonds is 8. The molecule has 1 saturated heterocycles. The van der Waals surface area contributed by atoms with Crippen LogP contribution in [0, 0.1) is 6.92 Å². The maximum absolute atomic E-state index is 13.4. The minimum absolute atomic E-state index is 0.0934. The van der Waals surface area contributed by atoms with E-state index < -0.39 is 17.7 Å². The number of fused-ring (bicyclic) bond motifs is 1. The number of nitrogens with zero attached hydrogens (tertiary/aromatic N) is 2. The average Bonchev–Trinajstić information content (AvgIpc) is 3.45. The Balaban J connectivity index is 1.54. The van der Waals surface area contributed by atoms with E-state index in [1.807, 2.05) is 86.7 Å². The van der Waals surface area contributed by atoms with Crippen LogP contribution in [-0.4, -0.2) is 58.8 Å². The van der Waals surface area contributed by atoms with Crippen LogP contribution in [-0.2, 0) is 16.2 Å². The van der Waals surface area contributed by atoms with Crippen LogP contribution < -0.4 is 4.74 Å². The predicted octanol–water partition coefficient (Wildman–Crippen LogP) is 5.04. The largest absolute Gasteiger partial charge is 0.507 e. The van der Waals surface area contributed by atoms with E-state index in [-0.39, 0.29) is 11.3 Å². The molecule has 0 aliphatic carbocycles. The Labute approximate surface area is 222 Å². The number of para-hydroxylation sites is 1. The summed E-state index contributed by atoms with van der Waals surface area (Å²) in [5.74, 6) is -0.796. The molecule has 7 heteroatoms. The highest BCUT2D eigenvalue weighted by molar-refractivity contribution is 6.46. The Morgan fingerprint density at radius 2 is 1.76 bits per heavy atom. The molecule has 0 spiro atoms. The monoisotopic (exact) mass is 509 g/mol. The van der Waals surface area contributed by atoms with Crippen molar-refractivity contribution in [1.82, 2.24) is 14.8 Å². The SMILES string of the molecule is Cc1cc(/C(O)=C2\C(=O)C(=O)N(CCN(C)C)C2c2c[nH]c3ccccc23)ccc1OCc1ccccc1. The number of aryl methyl sites for hydroxylation is 1. The number of aromatic nitrogens is 1. The lowest BCUT2D eigenvalue weighted by Crippen LogP contribution is -2.35. The molecule has 0 radical (unpaired) electrons. The Bertz CT molecular complexity index is 1520. The second-order valence-corrected chi connectivity index (χ2v) is 9.84. The highest BCUT2D eigenvalue weighted by Crippen LogP contribution is 2.42. The van der Waals surface area contributed by atoms with Gasteiger partial charge in [0.05, 0.1) is 11.6 Å². The van der Waals surface area contributed by atoms with Crippen molar-refractivity contribution in [2.75, 3.05) is 27.2 Å². The van der Waals surface area contributed by atoms with Crippen LogP contribution in [0.1, 0.15) is 28.3 Å². The van der Waals surface area contributed by atoms with Gasteiger partial charge in [0.1, 0.15) is 18.1 Å². The molecule has 1 aliphatic heterocycles. The van der Waals surface area contributed by atoms with Crippen LogP contribution in [0.2, 0.25) is 0 Å². The molecular weight excluding hydrogens is 478 g/mol. The molecule has 4 aromatic rings. The first kappa shape index (κ1) is 25.3. The number of hydrogen-bond donors (Lipinski definition) is 2. The lowest BCUT2D eigenvalue weighted by molar-refractivity contribution is -0.140. The van der Waals surface area contributed by atoms with Gasteiger partial charge in [-0.15, -0.1) is 0 Å². The number of carbonyl (C=O) groups is 2. The van der Waals surface area contributed by atoms with Gasteiger partial charge in [0.2, 0.25) is 0 Å². The number of aliphatic hydroxyl groups is 1. The first-order valence-corrected chi connectivity index (χ1v) is 12.6. The number of benzene rings is 3. The first-order valence-electron chi connectivity index (χ1n) is 12.6. The van der Waals surface area contributed by atoms with E-state index in [1.54, 1.807) is 23.1 Å². The fourth-order valence-corrected chi connectivity index (χ4v) is 4.91. The summed E-state index contributed by atoms with van der Waals surface area (Å²) < 4.78 is 5.99. The molecule has 2 N–H and O–H groups in total. The molecule has 1 fully saturated rings. The van der Waals surface area contributed by atoms with Crippen LogP contribution in [0.25, 0.3) is 16.7 Å². The van der Waals surface area contributed by atoms with Gasteiger partial charge in [0, 0.05) is 41.3 Å². The zero-order valence-electron chi connectivity index (χ0n) is 21.8. The Hall–Kier alpha value is -4.36. The number of likely N-dealkylation sites (tertiary alicyclic amines) is 1. The van der Waals surface area contributed by atoms with Crippen molar-refractivity contribution in [2.24, 2.45) is 0 Å². The van der Waals surface area contributed by atoms with Crippen molar-refractivity contribution in [3.05, 3.63) is 107 Å². The van der Waals surface area contributed by atoms with E-state index in [4.69, 9.17) is 4.74 Å². The van der Waals surface area contributed by atoms with Gasteiger partial charge in [0.25, 0.3) is 11.7 Å². The molecular formula is C31H31N3O4. The van der Waals surface area contributed by atoms with E-state index in [9.17, 15) is 14.7 Å². The fraction of sp³-hybridized carbons (Fsp3) is 0.226. The zero-order valence-corrected chi connectivity index (χ0v) is 21.8. The summed E-state index contributed by atoms with van der Waals surface area (Å²) >= 11 is 0. The number of amides is 1. The van der Waals surface area contributed by atoms with Crippen molar-refractivity contribution in [1.29, 1.82) is 0 Å². The standard InChI is InChI=1S/C31H31N3O4/c1-20-17-22(13-14-26(20)38-19-21-9-5-4-6-10-21)29(35)27-28(24-18-32-25-12-8-7-11-23(24)25)34(16-15-33(2)3)31(37)30(27)36/h4-14,17-18,28,32,35H,15-16,19H2,1-3H3/b29-27+. The van der Waals surface area contributed by atoms with Crippen LogP contribution >= 0.6 is 0 Å². The van der Waals surface area contributed by atoms with Gasteiger partial charge in [-0.1, -0.05) is 48.5 Å². The molecule has 1 aliphatic rings. The number of ether oxygens (including phenoxy) is 1. The summed E-state index contributed by atoms with van der Waals surface area (Å²) in [4.78, 5) is 33.4. The normalized spacial score (nSPS) is 17.1. The summed E-state index contributed by atoms with van der Waals surface area (Å²) in [6.07, 6.45) is 1.82. The summed E-state index contributed by atoms with van der Waals surface area (Å²) in [6, 6.07) is 22.2. The van der Waals surface area contributed by atoms with Crippen LogP contribution in [0.4, 0.5) is 0 Å². The summed E-state index contributed by atoms with van der Waals surface area (Å²) in [7, 11) is 3.84. The number of carbonyl (C=O) groups excluding carboxylic acids is 2. The number of aromatic amines is 1. The lowest BCUT2D eigenvalue weighted by Gasteiger charge is -2.26. The van der Waals surface area contributed by atoms with Crippen LogP contribution in [0.3, 0.4) is 0 Å². The topological polar surface area (TPSA) is 85.9 Å². The second kappa shape index (κ2) is 10.6. The molecule has 2 heterocycles. The molecule has 1 amide bonds. The van der Waals surface area contributed by atoms with Crippen molar-refractivity contribution in [3.63, 3.8) is 0 Å². The van der Waals surface area contributed by atoms with Crippen LogP contribution in [0.15, 0.2) is 84.6 Å². The maximum atomic E-state index is 13.4. The molecule has 1 atom stereocenters. The van der Waals surface area contributed by atoms with Gasteiger partial charge in [-0.25, -0.2) is 0 Å². The molecule has 194 valence electrons. The van der Waals surface area contributed by atoms with E-state index in [2.05, 4.69) is 4.98 Å². The number of Topliss-reactive ketones (excluding diaryl/α,β-unsaturated/α-hetero) is 1. The maximum Gasteiger partial charge on any atom is 0.295 e. The van der Waals surface area contributed by atoms with Crippen molar-refractivity contribution < 1.29 is 19.4 Å². The molecule has 38 heavy (non-hydrogen) atoms. The highest BCUT2D eigenvalue weighted by Gasteiger charge is 2.46. The predicted molar refractivity (Wildman–Crippen MR) is 148 cm³/mol. The van der Waals surface area contributed by atoms with Gasteiger partial charge in [-0.3, -0.25) is 9.59 Å².